The molecule has 1 atom stereocenters. The normalized spacial score (nSPS) is 21.4. The molecule has 0 bridgehead atoms. The van der Waals surface area contributed by atoms with Gasteiger partial charge in [-0.05, 0) is 41.3 Å². The minimum atomic E-state index is 0.0838. The maximum absolute atomic E-state index is 5.74. The van der Waals surface area contributed by atoms with E-state index in [-0.39, 0.29) is 6.23 Å². The van der Waals surface area contributed by atoms with Crippen LogP contribution in [-0.4, -0.2) is 21.4 Å². The van der Waals surface area contributed by atoms with E-state index >= 15 is 0 Å². The van der Waals surface area contributed by atoms with Crippen molar-refractivity contribution in [2.45, 2.75) is 25.5 Å². The van der Waals surface area contributed by atoms with Crippen LogP contribution >= 0.6 is 15.9 Å². The van der Waals surface area contributed by atoms with Crippen LogP contribution in [0.4, 0.5) is 0 Å². The first-order chi connectivity index (χ1) is 7.86. The lowest BCUT2D eigenvalue weighted by atomic mass is 10.2. The molecule has 3 heterocycles. The van der Waals surface area contributed by atoms with E-state index in [0.29, 0.717) is 0 Å². The quantitative estimate of drug-likeness (QED) is 0.755. The summed E-state index contributed by atoms with van der Waals surface area (Å²) in [4.78, 5) is 4.19. The van der Waals surface area contributed by atoms with Crippen LogP contribution in [0.15, 0.2) is 23.1 Å². The smallest absolute Gasteiger partial charge is 0.150 e. The largest absolute Gasteiger partial charge is 0.356 e. The first kappa shape index (κ1) is 10.2. The summed E-state index contributed by atoms with van der Waals surface area (Å²) in [5.74, 6) is 0. The first-order valence-electron chi connectivity index (χ1n) is 5.45. The van der Waals surface area contributed by atoms with Crippen LogP contribution < -0.4 is 0 Å². The Hall–Kier alpha value is -0.940. The third kappa shape index (κ3) is 1.64. The van der Waals surface area contributed by atoms with E-state index in [4.69, 9.17) is 4.74 Å². The zero-order chi connectivity index (χ0) is 11.0. The number of rotatable bonds is 1. The zero-order valence-corrected chi connectivity index (χ0v) is 10.4. The fourth-order valence-electron chi connectivity index (χ4n) is 2.09. The minimum absolute atomic E-state index is 0.0838. The fourth-order valence-corrected chi connectivity index (χ4v) is 2.51. The van der Waals surface area contributed by atoms with Crippen molar-refractivity contribution in [3.05, 3.63) is 23.1 Å². The fraction of sp³-hybridized carbons (Fsp3) is 0.455. The second-order valence-electron chi connectivity index (χ2n) is 3.94. The van der Waals surface area contributed by atoms with Gasteiger partial charge in [0.25, 0.3) is 0 Å². The molecule has 1 unspecified atom stereocenters. The van der Waals surface area contributed by atoms with Gasteiger partial charge in [-0.25, -0.2) is 9.67 Å². The molecular formula is C11H12BrN3O. The highest BCUT2D eigenvalue weighted by Gasteiger charge is 2.18. The number of ether oxygens (including phenoxy) is 1. The number of hydrogen-bond donors (Lipinski definition) is 0. The molecule has 2 aromatic rings. The van der Waals surface area contributed by atoms with E-state index in [0.717, 1.165) is 35.0 Å². The Kier molecular flexibility index (Phi) is 2.65. The van der Waals surface area contributed by atoms with Gasteiger partial charge in [-0.15, -0.1) is 0 Å². The van der Waals surface area contributed by atoms with E-state index in [1.165, 1.54) is 6.42 Å². The molecule has 1 aliphatic heterocycles. The van der Waals surface area contributed by atoms with Gasteiger partial charge in [0.1, 0.15) is 4.60 Å². The summed E-state index contributed by atoms with van der Waals surface area (Å²) in [5, 5.41) is 5.44. The summed E-state index contributed by atoms with van der Waals surface area (Å²) < 4.78 is 8.53. The van der Waals surface area contributed by atoms with Gasteiger partial charge in [-0.2, -0.15) is 5.10 Å². The van der Waals surface area contributed by atoms with Crippen LogP contribution in [0.25, 0.3) is 10.9 Å². The number of halogens is 1. The van der Waals surface area contributed by atoms with Crippen LogP contribution in [0.5, 0.6) is 0 Å². The molecule has 5 heteroatoms. The Balaban J connectivity index is 2.06. The standard InChI is InChI=1S/C11H12BrN3O/c12-11-8-7-14-15(9(8)4-5-13-11)10-3-1-2-6-16-10/h4-5,7,10H,1-3,6H2. The molecule has 0 radical (unpaired) electrons. The number of nitrogens with zero attached hydrogens (tertiary/aromatic N) is 3. The van der Waals surface area contributed by atoms with Crippen molar-refractivity contribution in [1.82, 2.24) is 14.8 Å². The average Bonchev–Trinajstić information content (AvgIpc) is 2.75. The topological polar surface area (TPSA) is 39.9 Å². The van der Waals surface area contributed by atoms with Gasteiger partial charge in [0.05, 0.1) is 17.1 Å². The Morgan fingerprint density at radius 2 is 2.38 bits per heavy atom. The van der Waals surface area contributed by atoms with E-state index < -0.39 is 0 Å². The summed E-state index contributed by atoms with van der Waals surface area (Å²) in [5.41, 5.74) is 1.08. The Labute approximate surface area is 102 Å². The van der Waals surface area contributed by atoms with E-state index in [9.17, 15) is 0 Å². The lowest BCUT2D eigenvalue weighted by molar-refractivity contribution is -0.0366. The lowest BCUT2D eigenvalue weighted by Gasteiger charge is -2.23. The van der Waals surface area contributed by atoms with Crippen LogP contribution in [0.1, 0.15) is 25.5 Å². The Bertz CT molecular complexity index is 505. The van der Waals surface area contributed by atoms with E-state index in [2.05, 4.69) is 26.0 Å². The third-order valence-corrected chi connectivity index (χ3v) is 3.54. The molecule has 0 aromatic carbocycles. The predicted octanol–water partition coefficient (Wildman–Crippen LogP) is 2.89. The molecule has 0 saturated carbocycles. The second-order valence-corrected chi connectivity index (χ2v) is 4.70. The molecule has 1 aliphatic rings. The Morgan fingerprint density at radius 3 is 3.19 bits per heavy atom. The molecule has 0 amide bonds. The summed E-state index contributed by atoms with van der Waals surface area (Å²) in [6, 6.07) is 1.98. The van der Waals surface area contributed by atoms with Gasteiger partial charge in [-0.3, -0.25) is 0 Å². The van der Waals surface area contributed by atoms with Crippen LogP contribution in [0.3, 0.4) is 0 Å². The number of aromatic nitrogens is 3. The minimum Gasteiger partial charge on any atom is -0.356 e. The lowest BCUT2D eigenvalue weighted by Crippen LogP contribution is -2.18. The molecule has 84 valence electrons. The van der Waals surface area contributed by atoms with Gasteiger partial charge in [0.15, 0.2) is 6.23 Å². The summed E-state index contributed by atoms with van der Waals surface area (Å²) in [7, 11) is 0. The highest BCUT2D eigenvalue weighted by Crippen LogP contribution is 2.28. The van der Waals surface area contributed by atoms with Crippen LogP contribution in [0, 0.1) is 0 Å². The van der Waals surface area contributed by atoms with Gasteiger partial charge in [0.2, 0.25) is 0 Å². The van der Waals surface area contributed by atoms with Crippen molar-refractivity contribution in [3.8, 4) is 0 Å². The zero-order valence-electron chi connectivity index (χ0n) is 8.77. The van der Waals surface area contributed by atoms with Crippen molar-refractivity contribution in [2.75, 3.05) is 6.61 Å². The molecule has 1 fully saturated rings. The maximum Gasteiger partial charge on any atom is 0.150 e. The summed E-state index contributed by atoms with van der Waals surface area (Å²) in [6.07, 6.45) is 7.11. The van der Waals surface area contributed by atoms with E-state index in [1.807, 2.05) is 16.9 Å². The second kappa shape index (κ2) is 4.14. The monoisotopic (exact) mass is 281 g/mol. The summed E-state index contributed by atoms with van der Waals surface area (Å²) in [6.45, 7) is 0.832. The van der Waals surface area contributed by atoms with Gasteiger partial charge < -0.3 is 4.74 Å². The molecule has 2 aromatic heterocycles. The van der Waals surface area contributed by atoms with Crippen molar-refractivity contribution in [3.63, 3.8) is 0 Å². The van der Waals surface area contributed by atoms with Crippen molar-refractivity contribution >= 4 is 26.8 Å². The predicted molar refractivity (Wildman–Crippen MR) is 64.1 cm³/mol. The maximum atomic E-state index is 5.74. The van der Waals surface area contributed by atoms with Crippen LogP contribution in [-0.2, 0) is 4.74 Å². The van der Waals surface area contributed by atoms with Gasteiger partial charge in [0, 0.05) is 12.8 Å². The molecule has 16 heavy (non-hydrogen) atoms. The first-order valence-corrected chi connectivity index (χ1v) is 6.25. The van der Waals surface area contributed by atoms with Gasteiger partial charge in [-0.1, -0.05) is 0 Å². The molecular weight excluding hydrogens is 270 g/mol. The molecule has 1 saturated heterocycles. The summed E-state index contributed by atoms with van der Waals surface area (Å²) >= 11 is 3.43. The molecule has 0 N–H and O–H groups in total. The SMILES string of the molecule is Brc1nccc2c1cnn2C1CCCCO1. The van der Waals surface area contributed by atoms with Crippen molar-refractivity contribution in [1.29, 1.82) is 0 Å². The van der Waals surface area contributed by atoms with E-state index in [1.54, 1.807) is 6.20 Å². The van der Waals surface area contributed by atoms with Crippen LogP contribution in [0.2, 0.25) is 0 Å². The highest BCUT2D eigenvalue weighted by molar-refractivity contribution is 9.10. The van der Waals surface area contributed by atoms with Crippen molar-refractivity contribution in [2.24, 2.45) is 0 Å². The van der Waals surface area contributed by atoms with Gasteiger partial charge >= 0.3 is 0 Å². The molecule has 3 rings (SSSR count). The molecule has 4 nitrogen and oxygen atoms in total. The third-order valence-electron chi connectivity index (χ3n) is 2.90. The molecule has 0 aliphatic carbocycles. The highest BCUT2D eigenvalue weighted by atomic mass is 79.9. The molecule has 0 spiro atoms. The number of hydrogen-bond acceptors (Lipinski definition) is 3. The number of pyridine rings is 1. The van der Waals surface area contributed by atoms with Crippen molar-refractivity contribution < 1.29 is 4.74 Å². The average molecular weight is 282 g/mol. The Morgan fingerprint density at radius 1 is 1.44 bits per heavy atom. The number of fused-ring (bicyclic) bond motifs is 1.